The summed E-state index contributed by atoms with van der Waals surface area (Å²) in [6.45, 7) is 11.4. The number of carbonyl (C=O) groups is 2. The van der Waals surface area contributed by atoms with E-state index in [9.17, 15) is 9.59 Å². The summed E-state index contributed by atoms with van der Waals surface area (Å²) in [5, 5.41) is 4.09. The number of hydrogen-bond donors (Lipinski definition) is 0. The average molecular weight is 342 g/mol. The largest absolute Gasteiger partial charge is 0.461 e. The van der Waals surface area contributed by atoms with Crippen molar-refractivity contribution in [3.63, 3.8) is 0 Å². The summed E-state index contributed by atoms with van der Waals surface area (Å²) in [6.07, 6.45) is 0. The van der Waals surface area contributed by atoms with Crippen molar-refractivity contribution in [1.29, 1.82) is 0 Å². The fourth-order valence-electron chi connectivity index (χ4n) is 1.72. The number of aromatic nitrogens is 2. The molecule has 0 aliphatic rings. The highest BCUT2D eigenvalue weighted by atomic mass is 28.3. The first-order chi connectivity index (χ1) is 10.8. The van der Waals surface area contributed by atoms with Gasteiger partial charge in [0, 0.05) is 20.7 Å². The molecule has 23 heavy (non-hydrogen) atoms. The van der Waals surface area contributed by atoms with Gasteiger partial charge in [0.1, 0.15) is 12.4 Å². The molecular weight excluding hydrogens is 316 g/mol. The van der Waals surface area contributed by atoms with E-state index in [-0.39, 0.29) is 31.3 Å². The van der Waals surface area contributed by atoms with Crippen molar-refractivity contribution in [1.82, 2.24) is 9.78 Å². The minimum Gasteiger partial charge on any atom is -0.461 e. The first-order valence-corrected chi connectivity index (χ1v) is 11.5. The molecule has 0 atom stereocenters. The molecule has 0 spiro atoms. The highest BCUT2D eigenvalue weighted by Crippen LogP contribution is 2.11. The SMILES string of the molecule is CCOC(=O)c1cc(C(=O)OCC)n(COCC[Si](C)(C)C)n1. The molecule has 1 heterocycles. The van der Waals surface area contributed by atoms with E-state index in [2.05, 4.69) is 24.7 Å². The van der Waals surface area contributed by atoms with Crippen LogP contribution in [-0.4, -0.2) is 49.6 Å². The second-order valence-electron chi connectivity index (χ2n) is 6.20. The lowest BCUT2D eigenvalue weighted by molar-refractivity contribution is 0.0446. The Balaban J connectivity index is 2.81. The molecule has 0 aliphatic carbocycles. The Morgan fingerprint density at radius 2 is 1.74 bits per heavy atom. The van der Waals surface area contributed by atoms with E-state index in [0.717, 1.165) is 6.04 Å². The molecule has 0 fully saturated rings. The zero-order chi connectivity index (χ0) is 17.5. The van der Waals surface area contributed by atoms with Crippen molar-refractivity contribution in [3.8, 4) is 0 Å². The van der Waals surface area contributed by atoms with Crippen LogP contribution in [-0.2, 0) is 20.9 Å². The smallest absolute Gasteiger partial charge is 0.358 e. The number of carbonyl (C=O) groups excluding carboxylic acids is 2. The summed E-state index contributed by atoms with van der Waals surface area (Å²) in [7, 11) is -1.19. The summed E-state index contributed by atoms with van der Waals surface area (Å²) in [5.74, 6) is -1.11. The topological polar surface area (TPSA) is 79.7 Å². The van der Waals surface area contributed by atoms with Gasteiger partial charge >= 0.3 is 11.9 Å². The molecule has 0 saturated heterocycles. The molecular formula is C15H26N2O5Si. The van der Waals surface area contributed by atoms with Gasteiger partial charge in [0.15, 0.2) is 5.69 Å². The van der Waals surface area contributed by atoms with Gasteiger partial charge in [-0.05, 0) is 19.9 Å². The van der Waals surface area contributed by atoms with Gasteiger partial charge in [0.25, 0.3) is 0 Å². The van der Waals surface area contributed by atoms with Gasteiger partial charge in [-0.15, -0.1) is 0 Å². The van der Waals surface area contributed by atoms with Crippen molar-refractivity contribution >= 4 is 20.0 Å². The Morgan fingerprint density at radius 1 is 1.13 bits per heavy atom. The zero-order valence-corrected chi connectivity index (χ0v) is 15.5. The predicted molar refractivity (Wildman–Crippen MR) is 88.2 cm³/mol. The summed E-state index contributed by atoms with van der Waals surface area (Å²) in [4.78, 5) is 23.7. The van der Waals surface area contributed by atoms with Crippen molar-refractivity contribution in [2.24, 2.45) is 0 Å². The monoisotopic (exact) mass is 342 g/mol. The van der Waals surface area contributed by atoms with Crippen LogP contribution in [0, 0.1) is 0 Å². The summed E-state index contributed by atoms with van der Waals surface area (Å²) in [5.41, 5.74) is 0.256. The van der Waals surface area contributed by atoms with Crippen LogP contribution < -0.4 is 0 Å². The molecule has 0 aliphatic heterocycles. The lowest BCUT2D eigenvalue weighted by Crippen LogP contribution is -2.22. The molecule has 1 aromatic rings. The Hall–Kier alpha value is -1.67. The van der Waals surface area contributed by atoms with Gasteiger partial charge in [-0.2, -0.15) is 5.10 Å². The number of rotatable bonds is 9. The van der Waals surface area contributed by atoms with Crippen molar-refractivity contribution in [3.05, 3.63) is 17.5 Å². The first-order valence-electron chi connectivity index (χ1n) is 7.78. The molecule has 0 unspecified atom stereocenters. The molecule has 1 rings (SSSR count). The Kier molecular flexibility index (Phi) is 7.44. The van der Waals surface area contributed by atoms with Crippen molar-refractivity contribution < 1.29 is 23.8 Å². The summed E-state index contributed by atoms with van der Waals surface area (Å²) >= 11 is 0. The number of hydrogen-bond acceptors (Lipinski definition) is 6. The maximum absolute atomic E-state index is 12.0. The van der Waals surface area contributed by atoms with Gasteiger partial charge in [0.05, 0.1) is 13.2 Å². The third-order valence-electron chi connectivity index (χ3n) is 2.96. The van der Waals surface area contributed by atoms with E-state index >= 15 is 0 Å². The molecule has 0 bridgehead atoms. The third-order valence-corrected chi connectivity index (χ3v) is 4.66. The molecule has 7 nitrogen and oxygen atoms in total. The second kappa shape index (κ2) is 8.83. The van der Waals surface area contributed by atoms with Crippen molar-refractivity contribution in [2.45, 2.75) is 46.3 Å². The van der Waals surface area contributed by atoms with Crippen LogP contribution in [0.1, 0.15) is 34.8 Å². The number of ether oxygens (including phenoxy) is 3. The molecule has 130 valence electrons. The van der Waals surface area contributed by atoms with Gasteiger partial charge in [-0.1, -0.05) is 19.6 Å². The molecule has 0 radical (unpaired) electrons. The van der Waals surface area contributed by atoms with E-state index < -0.39 is 20.0 Å². The van der Waals surface area contributed by atoms with Gasteiger partial charge in [-0.3, -0.25) is 0 Å². The quantitative estimate of drug-likeness (QED) is 0.390. The van der Waals surface area contributed by atoms with Crippen LogP contribution in [0.15, 0.2) is 6.07 Å². The fourth-order valence-corrected chi connectivity index (χ4v) is 2.48. The second-order valence-corrected chi connectivity index (χ2v) is 11.8. The molecule has 0 amide bonds. The Morgan fingerprint density at radius 3 is 2.30 bits per heavy atom. The molecule has 8 heteroatoms. The zero-order valence-electron chi connectivity index (χ0n) is 14.5. The van der Waals surface area contributed by atoms with Gasteiger partial charge < -0.3 is 14.2 Å². The third kappa shape index (κ3) is 6.53. The Labute approximate surface area is 137 Å². The van der Waals surface area contributed by atoms with Crippen LogP contribution in [0.2, 0.25) is 25.7 Å². The lowest BCUT2D eigenvalue weighted by Gasteiger charge is -2.15. The predicted octanol–water partition coefficient (Wildman–Crippen LogP) is 2.55. The van der Waals surface area contributed by atoms with E-state index in [1.54, 1.807) is 13.8 Å². The minimum atomic E-state index is -1.19. The van der Waals surface area contributed by atoms with Gasteiger partial charge in [0.2, 0.25) is 0 Å². The van der Waals surface area contributed by atoms with E-state index in [1.807, 2.05) is 0 Å². The van der Waals surface area contributed by atoms with E-state index in [1.165, 1.54) is 10.7 Å². The van der Waals surface area contributed by atoms with E-state index in [4.69, 9.17) is 14.2 Å². The molecule has 0 aromatic carbocycles. The molecule has 1 aromatic heterocycles. The van der Waals surface area contributed by atoms with Gasteiger partial charge in [-0.25, -0.2) is 14.3 Å². The average Bonchev–Trinajstić information content (AvgIpc) is 2.87. The van der Waals surface area contributed by atoms with Crippen LogP contribution in [0.5, 0.6) is 0 Å². The summed E-state index contributed by atoms with van der Waals surface area (Å²) in [6, 6.07) is 2.38. The molecule has 0 saturated carbocycles. The first kappa shape index (κ1) is 19.4. The number of nitrogens with zero attached hydrogens (tertiary/aromatic N) is 2. The normalized spacial score (nSPS) is 11.3. The van der Waals surface area contributed by atoms with Crippen LogP contribution in [0.25, 0.3) is 0 Å². The maximum atomic E-state index is 12.0. The minimum absolute atomic E-state index is 0.0729. The van der Waals surface area contributed by atoms with Crippen LogP contribution in [0.3, 0.4) is 0 Å². The van der Waals surface area contributed by atoms with Crippen LogP contribution >= 0.6 is 0 Å². The highest BCUT2D eigenvalue weighted by molar-refractivity contribution is 6.76. The summed E-state index contributed by atoms with van der Waals surface area (Å²) < 4.78 is 16.8. The standard InChI is InChI=1S/C15H26N2O5Si/c1-6-21-14(18)12-10-13(15(19)22-7-2)17(16-12)11-20-8-9-23(3,4)5/h10H,6-9,11H2,1-5H3. The fraction of sp³-hybridized carbons (Fsp3) is 0.667. The maximum Gasteiger partial charge on any atom is 0.358 e. The van der Waals surface area contributed by atoms with Crippen molar-refractivity contribution in [2.75, 3.05) is 19.8 Å². The molecule has 0 N–H and O–H groups in total. The lowest BCUT2D eigenvalue weighted by atomic mass is 10.3. The van der Waals surface area contributed by atoms with E-state index in [0.29, 0.717) is 6.61 Å². The highest BCUT2D eigenvalue weighted by Gasteiger charge is 2.21. The van der Waals surface area contributed by atoms with Crippen LogP contribution in [0.4, 0.5) is 0 Å². The number of esters is 2. The Bertz CT molecular complexity index is 536.